The Hall–Kier alpha value is -2.15. The second-order valence-corrected chi connectivity index (χ2v) is 2.64. The number of aliphatic carboxylic acids is 2. The van der Waals surface area contributed by atoms with Crippen LogP contribution in [0.2, 0.25) is 0 Å². The van der Waals surface area contributed by atoms with Crippen molar-refractivity contribution in [1.82, 2.24) is 0 Å². The lowest BCUT2D eigenvalue weighted by atomic mass is 10.4. The molecule has 0 heterocycles. The van der Waals surface area contributed by atoms with Crippen molar-refractivity contribution in [3.63, 3.8) is 0 Å². The molecule has 0 aromatic rings. The Bertz CT molecular complexity index is 290. The zero-order chi connectivity index (χ0) is 13.8. The molecule has 96 valence electrons. The van der Waals surface area contributed by atoms with Gasteiger partial charge in [-0.15, -0.1) is 0 Å². The van der Waals surface area contributed by atoms with E-state index in [2.05, 4.69) is 11.3 Å². The predicted octanol–water partition coefficient (Wildman–Crippen LogP) is -0.192. The van der Waals surface area contributed by atoms with Crippen molar-refractivity contribution in [3.05, 3.63) is 24.8 Å². The van der Waals surface area contributed by atoms with E-state index in [1.165, 1.54) is 0 Å². The van der Waals surface area contributed by atoms with Crippen molar-refractivity contribution >= 4 is 17.9 Å². The van der Waals surface area contributed by atoms with Gasteiger partial charge in [-0.3, -0.25) is 0 Å². The summed E-state index contributed by atoms with van der Waals surface area (Å²) in [6.07, 6.45) is 1.74. The first kappa shape index (κ1) is 17.3. The topological polar surface area (TPSA) is 121 Å². The predicted molar refractivity (Wildman–Crippen MR) is 57.2 cm³/mol. The minimum atomic E-state index is -1.26. The first-order valence-corrected chi connectivity index (χ1v) is 4.41. The van der Waals surface area contributed by atoms with Crippen molar-refractivity contribution in [2.45, 2.75) is 13.0 Å². The van der Waals surface area contributed by atoms with Crippen LogP contribution in [0.1, 0.15) is 6.92 Å². The molecular formula is C10H14O7. The smallest absolute Gasteiger partial charge is 0.330 e. The molecule has 0 saturated heterocycles. The molecule has 0 aromatic heterocycles. The number of esters is 1. The number of hydrogen-bond donors (Lipinski definition) is 3. The number of ether oxygens (including phenoxy) is 1. The molecule has 0 rings (SSSR count). The maximum atomic E-state index is 10.3. The van der Waals surface area contributed by atoms with E-state index < -0.39 is 24.0 Å². The summed E-state index contributed by atoms with van der Waals surface area (Å²) in [5, 5.41) is 24.0. The van der Waals surface area contributed by atoms with Crippen LogP contribution in [0.3, 0.4) is 0 Å². The molecule has 0 radical (unpaired) electrons. The molecule has 0 amide bonds. The number of hydrogen-bond acceptors (Lipinski definition) is 5. The molecule has 0 aliphatic heterocycles. The number of carboxylic acids is 2. The Labute approximate surface area is 97.6 Å². The van der Waals surface area contributed by atoms with Crippen molar-refractivity contribution in [2.75, 3.05) is 6.61 Å². The van der Waals surface area contributed by atoms with E-state index in [-0.39, 0.29) is 6.61 Å². The van der Waals surface area contributed by atoms with Crippen molar-refractivity contribution in [3.8, 4) is 0 Å². The Kier molecular flexibility index (Phi) is 10.5. The average Bonchev–Trinajstić information content (AvgIpc) is 2.26. The maximum Gasteiger partial charge on any atom is 0.330 e. The van der Waals surface area contributed by atoms with E-state index in [0.717, 1.165) is 6.08 Å². The highest BCUT2D eigenvalue weighted by Crippen LogP contribution is 1.88. The first-order valence-electron chi connectivity index (χ1n) is 4.41. The molecule has 17 heavy (non-hydrogen) atoms. The molecular weight excluding hydrogens is 232 g/mol. The Balaban J connectivity index is 0. The lowest BCUT2D eigenvalue weighted by Crippen LogP contribution is -2.16. The van der Waals surface area contributed by atoms with E-state index >= 15 is 0 Å². The van der Waals surface area contributed by atoms with Gasteiger partial charge in [0.05, 0.1) is 6.61 Å². The molecule has 0 aromatic carbocycles. The number of carbonyl (C=O) groups is 3. The van der Waals surface area contributed by atoms with Crippen LogP contribution in [0.25, 0.3) is 0 Å². The van der Waals surface area contributed by atoms with Crippen LogP contribution >= 0.6 is 0 Å². The third-order valence-corrected chi connectivity index (χ3v) is 1.11. The fourth-order valence-corrected chi connectivity index (χ4v) is 0.426. The number of aliphatic hydroxyl groups is 1. The van der Waals surface area contributed by atoms with Gasteiger partial charge in [-0.2, -0.15) is 0 Å². The minimum Gasteiger partial charge on any atom is -0.478 e. The van der Waals surface area contributed by atoms with E-state index in [1.54, 1.807) is 6.92 Å². The monoisotopic (exact) mass is 246 g/mol. The van der Waals surface area contributed by atoms with E-state index in [0.29, 0.717) is 12.2 Å². The van der Waals surface area contributed by atoms with Crippen LogP contribution in [0, 0.1) is 0 Å². The number of aliphatic hydroxyl groups excluding tert-OH is 1. The summed E-state index contributed by atoms with van der Waals surface area (Å²) in [5.74, 6) is -3.02. The molecule has 3 N–H and O–H groups in total. The summed E-state index contributed by atoms with van der Waals surface area (Å²) in [6.45, 7) is 4.64. The molecule has 7 nitrogen and oxygen atoms in total. The summed E-state index contributed by atoms with van der Waals surface area (Å²) in [5.41, 5.74) is 0. The summed E-state index contributed by atoms with van der Waals surface area (Å²) in [7, 11) is 0. The van der Waals surface area contributed by atoms with Gasteiger partial charge in [-0.05, 0) is 6.92 Å². The molecule has 0 spiro atoms. The van der Waals surface area contributed by atoms with Gasteiger partial charge < -0.3 is 20.1 Å². The fraction of sp³-hybridized carbons (Fsp3) is 0.300. The van der Waals surface area contributed by atoms with Gasteiger partial charge in [0, 0.05) is 18.2 Å². The summed E-state index contributed by atoms with van der Waals surface area (Å²) in [4.78, 5) is 29.4. The molecule has 0 saturated carbocycles. The van der Waals surface area contributed by atoms with Gasteiger partial charge in [-0.1, -0.05) is 6.58 Å². The van der Waals surface area contributed by atoms with Gasteiger partial charge in [0.15, 0.2) is 0 Å². The third kappa shape index (κ3) is 16.5. The third-order valence-electron chi connectivity index (χ3n) is 1.11. The number of carboxylic acid groups (broad SMARTS) is 2. The van der Waals surface area contributed by atoms with E-state index in [1.807, 2.05) is 0 Å². The van der Waals surface area contributed by atoms with Crippen molar-refractivity contribution in [1.29, 1.82) is 0 Å². The second-order valence-electron chi connectivity index (χ2n) is 2.64. The van der Waals surface area contributed by atoms with E-state index in [4.69, 9.17) is 15.3 Å². The Morgan fingerprint density at radius 2 is 1.65 bits per heavy atom. The molecule has 7 heteroatoms. The quantitative estimate of drug-likeness (QED) is 0.454. The van der Waals surface area contributed by atoms with Gasteiger partial charge in [0.2, 0.25) is 0 Å². The van der Waals surface area contributed by atoms with Crippen molar-refractivity contribution < 1.29 is 34.4 Å². The van der Waals surface area contributed by atoms with Crippen LogP contribution in [-0.2, 0) is 19.1 Å². The fourth-order valence-electron chi connectivity index (χ4n) is 0.426. The normalized spacial score (nSPS) is 10.9. The number of carbonyl (C=O) groups excluding carboxylic acids is 1. The Morgan fingerprint density at radius 1 is 1.24 bits per heavy atom. The van der Waals surface area contributed by atoms with Crippen LogP contribution in [0.5, 0.6) is 0 Å². The highest BCUT2D eigenvalue weighted by molar-refractivity contribution is 5.89. The van der Waals surface area contributed by atoms with Gasteiger partial charge >= 0.3 is 17.9 Å². The summed E-state index contributed by atoms with van der Waals surface area (Å²) >= 11 is 0. The highest BCUT2D eigenvalue weighted by atomic mass is 16.5. The van der Waals surface area contributed by atoms with Crippen LogP contribution in [-0.4, -0.2) is 45.9 Å². The SMILES string of the molecule is C=CC(=O)OC(C)CO.O=C(O)/C=C\C(=O)O. The zero-order valence-electron chi connectivity index (χ0n) is 9.20. The van der Waals surface area contributed by atoms with E-state index in [9.17, 15) is 14.4 Å². The molecule has 1 unspecified atom stereocenters. The maximum absolute atomic E-state index is 10.3. The minimum absolute atomic E-state index is 0.153. The molecule has 0 bridgehead atoms. The van der Waals surface area contributed by atoms with Crippen LogP contribution in [0.15, 0.2) is 24.8 Å². The standard InChI is InChI=1S/C6H10O3.C4H4O4/c1-3-6(8)9-5(2)4-7;5-3(6)1-2-4(7)8/h3,5,7H,1,4H2,2H3;1-2H,(H,5,6)(H,7,8)/b;2-1-. The lowest BCUT2D eigenvalue weighted by Gasteiger charge is -2.06. The van der Waals surface area contributed by atoms with Crippen LogP contribution < -0.4 is 0 Å². The lowest BCUT2D eigenvalue weighted by molar-refractivity contribution is -0.143. The first-order chi connectivity index (χ1) is 7.83. The largest absolute Gasteiger partial charge is 0.478 e. The molecule has 1 atom stereocenters. The van der Waals surface area contributed by atoms with Gasteiger partial charge in [-0.25, -0.2) is 14.4 Å². The number of rotatable bonds is 5. The zero-order valence-corrected chi connectivity index (χ0v) is 9.20. The Morgan fingerprint density at radius 3 is 1.88 bits per heavy atom. The van der Waals surface area contributed by atoms with Crippen LogP contribution in [0.4, 0.5) is 0 Å². The van der Waals surface area contributed by atoms with Gasteiger partial charge in [0.1, 0.15) is 6.10 Å². The highest BCUT2D eigenvalue weighted by Gasteiger charge is 2.02. The summed E-state index contributed by atoms with van der Waals surface area (Å²) in [6, 6.07) is 0. The van der Waals surface area contributed by atoms with Crippen molar-refractivity contribution in [2.24, 2.45) is 0 Å². The second kappa shape index (κ2) is 10.4. The van der Waals surface area contributed by atoms with Gasteiger partial charge in [0.25, 0.3) is 0 Å². The molecule has 0 aliphatic carbocycles. The molecule has 0 fully saturated rings. The molecule has 0 aliphatic rings. The average molecular weight is 246 g/mol. The summed E-state index contributed by atoms with van der Waals surface area (Å²) < 4.78 is 4.54.